The van der Waals surface area contributed by atoms with Crippen LogP contribution >= 0.6 is 11.6 Å². The number of halogens is 1. The van der Waals surface area contributed by atoms with E-state index in [-0.39, 0.29) is 0 Å². The average molecular weight is 257 g/mol. The fraction of sp³-hybridized carbons (Fsp3) is 0.538. The van der Waals surface area contributed by atoms with Crippen LogP contribution in [0.2, 0.25) is 5.02 Å². The Balaban J connectivity index is 2.46. The van der Waals surface area contributed by atoms with E-state index in [1.165, 1.54) is 0 Å². The van der Waals surface area contributed by atoms with E-state index in [9.17, 15) is 5.11 Å². The predicted molar refractivity (Wildman–Crippen MR) is 67.2 cm³/mol. The molecule has 3 nitrogen and oxygen atoms in total. The first-order chi connectivity index (χ1) is 8.00. The Morgan fingerprint density at radius 2 is 1.88 bits per heavy atom. The van der Waals surface area contributed by atoms with Crippen LogP contribution in [-0.4, -0.2) is 24.9 Å². The van der Waals surface area contributed by atoms with Crippen molar-refractivity contribution in [2.75, 3.05) is 14.2 Å². The average Bonchev–Trinajstić information content (AvgIpc) is 3.00. The molecule has 1 aromatic rings. The molecule has 0 heterocycles. The van der Waals surface area contributed by atoms with Crippen molar-refractivity contribution < 1.29 is 14.6 Å². The zero-order valence-corrected chi connectivity index (χ0v) is 11.1. The Hall–Kier alpha value is -0.930. The van der Waals surface area contributed by atoms with Crippen molar-refractivity contribution in [1.82, 2.24) is 0 Å². The van der Waals surface area contributed by atoms with Crippen molar-refractivity contribution in [3.63, 3.8) is 0 Å². The molecule has 0 spiro atoms. The Morgan fingerprint density at radius 1 is 1.29 bits per heavy atom. The van der Waals surface area contributed by atoms with Gasteiger partial charge in [0.1, 0.15) is 0 Å². The molecule has 1 fully saturated rings. The highest BCUT2D eigenvalue weighted by molar-refractivity contribution is 6.31. The predicted octanol–water partition coefficient (Wildman–Crippen LogP) is 2.73. The summed E-state index contributed by atoms with van der Waals surface area (Å²) in [4.78, 5) is 0. The second kappa shape index (κ2) is 4.39. The summed E-state index contributed by atoms with van der Waals surface area (Å²) in [6.07, 6.45) is 2.24. The summed E-state index contributed by atoms with van der Waals surface area (Å²) < 4.78 is 10.7. The number of aliphatic hydroxyl groups is 1. The van der Waals surface area contributed by atoms with Gasteiger partial charge in [0.2, 0.25) is 0 Å². The maximum atomic E-state index is 9.99. The van der Waals surface area contributed by atoms with E-state index in [4.69, 9.17) is 21.1 Å². The molecule has 0 amide bonds. The Kier molecular flexibility index (Phi) is 3.23. The van der Waals surface area contributed by atoms with Crippen LogP contribution in [0.25, 0.3) is 0 Å². The first kappa shape index (κ1) is 12.5. The zero-order valence-electron chi connectivity index (χ0n) is 10.3. The molecule has 17 heavy (non-hydrogen) atoms. The Bertz CT molecular complexity index is 439. The van der Waals surface area contributed by atoms with Gasteiger partial charge in [-0.25, -0.2) is 0 Å². The van der Waals surface area contributed by atoms with Gasteiger partial charge in [-0.2, -0.15) is 0 Å². The summed E-state index contributed by atoms with van der Waals surface area (Å²) in [5.41, 5.74) is 1.19. The van der Waals surface area contributed by atoms with E-state index < -0.39 is 5.60 Å². The van der Waals surface area contributed by atoms with Crippen molar-refractivity contribution in [1.29, 1.82) is 0 Å². The van der Waals surface area contributed by atoms with Crippen molar-refractivity contribution in [2.24, 2.45) is 0 Å². The fourth-order valence-electron chi connectivity index (χ4n) is 2.03. The zero-order chi connectivity index (χ0) is 12.6. The second-order valence-corrected chi connectivity index (χ2v) is 5.02. The Labute approximate surface area is 106 Å². The van der Waals surface area contributed by atoms with Crippen LogP contribution in [0.5, 0.6) is 11.5 Å². The molecular weight excluding hydrogens is 240 g/mol. The molecule has 0 saturated heterocycles. The first-order valence-corrected chi connectivity index (χ1v) is 6.01. The van der Waals surface area contributed by atoms with E-state index in [0.717, 1.165) is 24.0 Å². The molecular formula is C13H17ClO3. The quantitative estimate of drug-likeness (QED) is 0.900. The number of hydrogen-bond donors (Lipinski definition) is 1. The van der Waals surface area contributed by atoms with Gasteiger partial charge in [-0.1, -0.05) is 11.6 Å². The molecule has 1 N–H and O–H groups in total. The Morgan fingerprint density at radius 3 is 2.35 bits per heavy atom. The minimum absolute atomic E-state index is 0.562. The number of benzene rings is 1. The van der Waals surface area contributed by atoms with Crippen LogP contribution < -0.4 is 9.47 Å². The highest BCUT2D eigenvalue weighted by Gasteiger charge is 2.41. The van der Waals surface area contributed by atoms with Crippen LogP contribution in [0, 0.1) is 6.92 Å². The third-order valence-electron chi connectivity index (χ3n) is 3.25. The van der Waals surface area contributed by atoms with Crippen LogP contribution in [0.4, 0.5) is 0 Å². The molecule has 0 radical (unpaired) electrons. The molecule has 4 heteroatoms. The van der Waals surface area contributed by atoms with Crippen molar-refractivity contribution in [2.45, 2.75) is 31.8 Å². The maximum Gasteiger partial charge on any atom is 0.165 e. The lowest BCUT2D eigenvalue weighted by Crippen LogP contribution is -2.12. The van der Waals surface area contributed by atoms with Crippen LogP contribution in [-0.2, 0) is 6.42 Å². The fourth-order valence-corrected chi connectivity index (χ4v) is 2.25. The van der Waals surface area contributed by atoms with Gasteiger partial charge in [-0.15, -0.1) is 0 Å². The molecule has 0 bridgehead atoms. The summed E-state index contributed by atoms with van der Waals surface area (Å²) >= 11 is 6.16. The van der Waals surface area contributed by atoms with Gasteiger partial charge < -0.3 is 14.6 Å². The SMILES string of the molecule is COc1c(CC2(O)CC2)cc(Cl)c(C)c1OC. The molecule has 1 saturated carbocycles. The molecule has 1 aromatic carbocycles. The van der Waals surface area contributed by atoms with E-state index in [0.29, 0.717) is 22.9 Å². The molecule has 94 valence electrons. The van der Waals surface area contributed by atoms with Gasteiger partial charge in [0.15, 0.2) is 11.5 Å². The largest absolute Gasteiger partial charge is 0.493 e. The first-order valence-electron chi connectivity index (χ1n) is 5.63. The monoisotopic (exact) mass is 256 g/mol. The summed E-state index contributed by atoms with van der Waals surface area (Å²) in [5.74, 6) is 1.33. The van der Waals surface area contributed by atoms with Gasteiger partial charge in [0.25, 0.3) is 0 Å². The summed E-state index contributed by atoms with van der Waals surface area (Å²) in [6, 6.07) is 1.86. The van der Waals surface area contributed by atoms with Crippen LogP contribution in [0.3, 0.4) is 0 Å². The number of methoxy groups -OCH3 is 2. The van der Waals surface area contributed by atoms with Gasteiger partial charge in [-0.05, 0) is 25.8 Å². The third-order valence-corrected chi connectivity index (χ3v) is 3.65. The van der Waals surface area contributed by atoms with Gasteiger partial charge in [0.05, 0.1) is 19.8 Å². The topological polar surface area (TPSA) is 38.7 Å². The minimum Gasteiger partial charge on any atom is -0.493 e. The standard InChI is InChI=1S/C13H17ClO3/c1-8-10(14)6-9(7-13(15)4-5-13)12(17-3)11(8)16-2/h6,15H,4-5,7H2,1-3H3. The van der Waals surface area contributed by atoms with Gasteiger partial charge in [-0.3, -0.25) is 0 Å². The summed E-state index contributed by atoms with van der Waals surface area (Å²) in [7, 11) is 3.20. The molecule has 0 aromatic heterocycles. The molecule has 0 atom stereocenters. The molecule has 2 rings (SSSR count). The maximum absolute atomic E-state index is 9.99. The lowest BCUT2D eigenvalue weighted by atomic mass is 10.0. The lowest BCUT2D eigenvalue weighted by Gasteiger charge is -2.18. The third kappa shape index (κ3) is 2.35. The van der Waals surface area contributed by atoms with Crippen LogP contribution in [0.1, 0.15) is 24.0 Å². The van der Waals surface area contributed by atoms with E-state index in [1.807, 2.05) is 13.0 Å². The van der Waals surface area contributed by atoms with E-state index >= 15 is 0 Å². The second-order valence-electron chi connectivity index (χ2n) is 4.61. The lowest BCUT2D eigenvalue weighted by molar-refractivity contribution is 0.149. The molecule has 0 unspecified atom stereocenters. The normalized spacial score (nSPS) is 16.8. The van der Waals surface area contributed by atoms with E-state index in [2.05, 4.69) is 0 Å². The van der Waals surface area contributed by atoms with Crippen molar-refractivity contribution >= 4 is 11.6 Å². The smallest absolute Gasteiger partial charge is 0.165 e. The number of rotatable bonds is 4. The van der Waals surface area contributed by atoms with Crippen LogP contribution in [0.15, 0.2) is 6.07 Å². The summed E-state index contributed by atoms with van der Waals surface area (Å²) in [5, 5.41) is 10.6. The highest BCUT2D eigenvalue weighted by Crippen LogP contribution is 2.44. The summed E-state index contributed by atoms with van der Waals surface area (Å²) in [6.45, 7) is 1.89. The minimum atomic E-state index is -0.573. The number of ether oxygens (including phenoxy) is 2. The van der Waals surface area contributed by atoms with Gasteiger partial charge in [0, 0.05) is 22.6 Å². The molecule has 1 aliphatic carbocycles. The van der Waals surface area contributed by atoms with E-state index in [1.54, 1.807) is 14.2 Å². The molecule has 1 aliphatic rings. The van der Waals surface area contributed by atoms with Gasteiger partial charge >= 0.3 is 0 Å². The van der Waals surface area contributed by atoms with Crippen molar-refractivity contribution in [3.8, 4) is 11.5 Å². The highest BCUT2D eigenvalue weighted by atomic mass is 35.5. The number of hydrogen-bond acceptors (Lipinski definition) is 3. The molecule has 0 aliphatic heterocycles. The van der Waals surface area contributed by atoms with Crippen molar-refractivity contribution in [3.05, 3.63) is 22.2 Å².